The molecule has 0 amide bonds. The fourth-order valence-corrected chi connectivity index (χ4v) is 2.63. The Morgan fingerprint density at radius 2 is 1.72 bits per heavy atom. The van der Waals surface area contributed by atoms with Gasteiger partial charge in [-0.3, -0.25) is 4.79 Å². The summed E-state index contributed by atoms with van der Waals surface area (Å²) in [4.78, 5) is 11.9. The minimum Gasteiger partial charge on any atom is -0.378 e. The number of rotatable bonds is 4. The van der Waals surface area contributed by atoms with Gasteiger partial charge in [0.25, 0.3) is 0 Å². The Labute approximate surface area is 103 Å². The lowest BCUT2D eigenvalue weighted by Gasteiger charge is -2.39. The maximum atomic E-state index is 12.6. The monoisotopic (exact) mass is 263 g/mol. The summed E-state index contributed by atoms with van der Waals surface area (Å²) in [6.07, 6.45) is -1.65. The molecule has 2 heterocycles. The minimum absolute atomic E-state index is 0.121. The standard InChI is InChI=1S/C12H16F3NO2/c13-10(12(14)15)1-2-11(17)7-3-8-5-18-6-9(4-7)16-8/h7-9,16H,1-6H2. The van der Waals surface area contributed by atoms with Crippen molar-refractivity contribution in [1.29, 1.82) is 0 Å². The highest BCUT2D eigenvalue weighted by Crippen LogP contribution is 2.27. The van der Waals surface area contributed by atoms with E-state index in [4.69, 9.17) is 4.74 Å². The Bertz CT molecular complexity index is 343. The zero-order chi connectivity index (χ0) is 13.1. The first-order chi connectivity index (χ1) is 8.56. The zero-order valence-electron chi connectivity index (χ0n) is 9.93. The van der Waals surface area contributed by atoms with Crippen molar-refractivity contribution in [1.82, 2.24) is 5.32 Å². The molecule has 3 nitrogen and oxygen atoms in total. The summed E-state index contributed by atoms with van der Waals surface area (Å²) in [6.45, 7) is 1.15. The van der Waals surface area contributed by atoms with Gasteiger partial charge in [0.1, 0.15) is 5.78 Å². The number of hydrogen-bond acceptors (Lipinski definition) is 3. The second kappa shape index (κ2) is 5.84. The number of Topliss-reactive ketones (excluding diaryl/α,β-unsaturated/α-hetero) is 1. The normalized spacial score (nSPS) is 30.9. The lowest BCUT2D eigenvalue weighted by molar-refractivity contribution is -0.126. The van der Waals surface area contributed by atoms with Gasteiger partial charge in [0, 0.05) is 30.8 Å². The summed E-state index contributed by atoms with van der Waals surface area (Å²) in [5.41, 5.74) is 0. The number of hydrogen-bond donors (Lipinski definition) is 1. The number of carbonyl (C=O) groups excluding carboxylic acids is 1. The Morgan fingerprint density at radius 3 is 2.28 bits per heavy atom. The molecule has 102 valence electrons. The van der Waals surface area contributed by atoms with Crippen LogP contribution in [0.3, 0.4) is 0 Å². The molecule has 2 rings (SSSR count). The molecule has 2 atom stereocenters. The highest BCUT2D eigenvalue weighted by molar-refractivity contribution is 5.81. The average molecular weight is 263 g/mol. The van der Waals surface area contributed by atoms with Crippen LogP contribution in [0.25, 0.3) is 0 Å². The predicted octanol–water partition coefficient (Wildman–Crippen LogP) is 2.18. The number of piperidine rings is 1. The number of allylic oxidation sites excluding steroid dienone is 1. The summed E-state index contributed by atoms with van der Waals surface area (Å²) in [5.74, 6) is -1.74. The first-order valence-electron chi connectivity index (χ1n) is 6.12. The van der Waals surface area contributed by atoms with Crippen LogP contribution in [0, 0.1) is 5.92 Å². The quantitative estimate of drug-likeness (QED) is 0.845. The third-order valence-corrected chi connectivity index (χ3v) is 3.50. The van der Waals surface area contributed by atoms with Gasteiger partial charge in [-0.15, -0.1) is 0 Å². The largest absolute Gasteiger partial charge is 0.378 e. The fraction of sp³-hybridized carbons (Fsp3) is 0.750. The van der Waals surface area contributed by atoms with E-state index in [-0.39, 0.29) is 30.2 Å². The molecule has 2 aliphatic heterocycles. The zero-order valence-corrected chi connectivity index (χ0v) is 9.93. The van der Waals surface area contributed by atoms with Gasteiger partial charge in [-0.1, -0.05) is 0 Å². The van der Waals surface area contributed by atoms with Crippen molar-refractivity contribution in [3.05, 3.63) is 11.9 Å². The highest BCUT2D eigenvalue weighted by Gasteiger charge is 2.34. The lowest BCUT2D eigenvalue weighted by atomic mass is 9.83. The van der Waals surface area contributed by atoms with E-state index in [0.717, 1.165) is 0 Å². The number of fused-ring (bicyclic) bond motifs is 2. The summed E-state index contributed by atoms with van der Waals surface area (Å²) in [6, 6.07) is 0.314. The molecule has 6 heteroatoms. The molecule has 0 aliphatic carbocycles. The van der Waals surface area contributed by atoms with Crippen molar-refractivity contribution < 1.29 is 22.7 Å². The van der Waals surface area contributed by atoms with Crippen LogP contribution in [0.1, 0.15) is 25.7 Å². The first-order valence-corrected chi connectivity index (χ1v) is 6.12. The minimum atomic E-state index is -2.32. The topological polar surface area (TPSA) is 38.3 Å². The lowest BCUT2D eigenvalue weighted by Crippen LogP contribution is -2.55. The highest BCUT2D eigenvalue weighted by atomic mass is 19.3. The molecule has 2 aliphatic rings. The average Bonchev–Trinajstić information content (AvgIpc) is 2.34. The van der Waals surface area contributed by atoms with E-state index in [1.807, 2.05) is 0 Å². The predicted molar refractivity (Wildman–Crippen MR) is 58.8 cm³/mol. The van der Waals surface area contributed by atoms with Crippen LogP contribution >= 0.6 is 0 Å². The number of ketones is 1. The van der Waals surface area contributed by atoms with Crippen molar-refractivity contribution in [2.45, 2.75) is 37.8 Å². The Balaban J connectivity index is 1.84. The van der Waals surface area contributed by atoms with Gasteiger partial charge in [-0.05, 0) is 12.8 Å². The number of carbonyl (C=O) groups is 1. The second-order valence-corrected chi connectivity index (χ2v) is 4.90. The van der Waals surface area contributed by atoms with Crippen molar-refractivity contribution in [2.75, 3.05) is 13.2 Å². The third kappa shape index (κ3) is 3.32. The SMILES string of the molecule is O=C(CCC(F)=C(F)F)C1CC2COCC(C1)N2. The van der Waals surface area contributed by atoms with Gasteiger partial charge in [0.15, 0.2) is 5.83 Å². The van der Waals surface area contributed by atoms with Crippen LogP contribution in [0.2, 0.25) is 0 Å². The van der Waals surface area contributed by atoms with E-state index in [2.05, 4.69) is 5.32 Å². The smallest absolute Gasteiger partial charge is 0.301 e. The maximum absolute atomic E-state index is 12.6. The molecule has 0 aromatic heterocycles. The summed E-state index contributed by atoms with van der Waals surface area (Å²) in [7, 11) is 0. The summed E-state index contributed by atoms with van der Waals surface area (Å²) < 4.78 is 41.7. The Morgan fingerprint density at radius 1 is 1.11 bits per heavy atom. The van der Waals surface area contributed by atoms with Crippen LogP contribution < -0.4 is 5.32 Å². The maximum Gasteiger partial charge on any atom is 0.301 e. The van der Waals surface area contributed by atoms with E-state index in [1.54, 1.807) is 0 Å². The van der Waals surface area contributed by atoms with Crippen molar-refractivity contribution >= 4 is 5.78 Å². The van der Waals surface area contributed by atoms with Gasteiger partial charge in [0.2, 0.25) is 0 Å². The molecule has 2 saturated heterocycles. The molecule has 0 spiro atoms. The number of nitrogens with one attached hydrogen (secondary N) is 1. The van der Waals surface area contributed by atoms with Crippen LogP contribution in [-0.2, 0) is 9.53 Å². The third-order valence-electron chi connectivity index (χ3n) is 3.50. The van der Waals surface area contributed by atoms with Crippen molar-refractivity contribution in [2.24, 2.45) is 5.92 Å². The fourth-order valence-electron chi connectivity index (χ4n) is 2.63. The molecule has 2 unspecified atom stereocenters. The van der Waals surface area contributed by atoms with Gasteiger partial charge in [0.05, 0.1) is 13.2 Å². The molecule has 0 radical (unpaired) electrons. The van der Waals surface area contributed by atoms with E-state index >= 15 is 0 Å². The molecule has 1 N–H and O–H groups in total. The van der Waals surface area contributed by atoms with Crippen LogP contribution in [0.4, 0.5) is 13.2 Å². The number of morpholine rings is 1. The van der Waals surface area contributed by atoms with Gasteiger partial charge in [-0.2, -0.15) is 8.78 Å². The van der Waals surface area contributed by atoms with E-state index < -0.39 is 18.3 Å². The molecule has 0 aromatic rings. The first kappa shape index (κ1) is 13.5. The van der Waals surface area contributed by atoms with Crippen LogP contribution in [0.15, 0.2) is 11.9 Å². The Kier molecular flexibility index (Phi) is 4.40. The van der Waals surface area contributed by atoms with E-state index in [0.29, 0.717) is 26.1 Å². The molecular weight excluding hydrogens is 247 g/mol. The summed E-state index contributed by atoms with van der Waals surface area (Å²) >= 11 is 0. The van der Waals surface area contributed by atoms with Gasteiger partial charge >= 0.3 is 6.08 Å². The molecule has 2 bridgehead atoms. The molecule has 0 aromatic carbocycles. The summed E-state index contributed by atoms with van der Waals surface area (Å²) in [5, 5.41) is 3.34. The second-order valence-electron chi connectivity index (χ2n) is 4.90. The molecule has 18 heavy (non-hydrogen) atoms. The Hall–Kier alpha value is -0.880. The number of halogens is 3. The number of ether oxygens (including phenoxy) is 1. The van der Waals surface area contributed by atoms with E-state index in [9.17, 15) is 18.0 Å². The van der Waals surface area contributed by atoms with Crippen molar-refractivity contribution in [3.63, 3.8) is 0 Å². The van der Waals surface area contributed by atoms with Gasteiger partial charge in [-0.25, -0.2) is 4.39 Å². The van der Waals surface area contributed by atoms with E-state index in [1.165, 1.54) is 0 Å². The van der Waals surface area contributed by atoms with Crippen LogP contribution in [-0.4, -0.2) is 31.1 Å². The van der Waals surface area contributed by atoms with Gasteiger partial charge < -0.3 is 10.1 Å². The molecular formula is C12H16F3NO2. The molecule has 0 saturated carbocycles. The van der Waals surface area contributed by atoms with Crippen molar-refractivity contribution in [3.8, 4) is 0 Å². The van der Waals surface area contributed by atoms with Crippen LogP contribution in [0.5, 0.6) is 0 Å². The molecule has 2 fully saturated rings.